The predicted octanol–water partition coefficient (Wildman–Crippen LogP) is 1.19. The van der Waals surface area contributed by atoms with Crippen LogP contribution in [0.5, 0.6) is 0 Å². The summed E-state index contributed by atoms with van der Waals surface area (Å²) in [6.45, 7) is 4.43. The summed E-state index contributed by atoms with van der Waals surface area (Å²) in [7, 11) is 2.21. The Bertz CT molecular complexity index is 871. The molecule has 2 aliphatic rings. The number of quaternary nitrogens is 1. The Morgan fingerprint density at radius 1 is 1.21 bits per heavy atom. The first-order valence-electron chi connectivity index (χ1n) is 10.7. The number of ether oxygens (including phenoxy) is 1. The number of likely N-dealkylation sites (N-methyl/N-ethyl adjacent to an activating group) is 1. The number of aromatic amines is 1. The third kappa shape index (κ3) is 4.69. The molecule has 29 heavy (non-hydrogen) atoms. The Hall–Kier alpha value is -2.62. The summed E-state index contributed by atoms with van der Waals surface area (Å²) in [6.07, 6.45) is 4.38. The average molecular weight is 394 g/mol. The zero-order valence-corrected chi connectivity index (χ0v) is 17.2. The van der Waals surface area contributed by atoms with Gasteiger partial charge in [0, 0.05) is 19.4 Å². The molecule has 4 N–H and O–H groups in total. The van der Waals surface area contributed by atoms with Crippen molar-refractivity contribution in [1.29, 1.82) is 5.26 Å². The molecule has 0 aliphatic carbocycles. The smallest absolute Gasteiger partial charge is 0.237 e. The Labute approximate surface area is 172 Å². The van der Waals surface area contributed by atoms with Gasteiger partial charge in [-0.15, -0.1) is 0 Å². The van der Waals surface area contributed by atoms with E-state index >= 15 is 0 Å². The van der Waals surface area contributed by atoms with Gasteiger partial charge in [0.2, 0.25) is 11.6 Å². The SMILES string of the molecule is C[NH+]1CCc2c(C#N)c(NCCc3ccccc3)[nH+]c(NC[C@@H]3CCCO3)c2C1. The van der Waals surface area contributed by atoms with E-state index in [2.05, 4.69) is 53.0 Å². The zero-order valence-electron chi connectivity index (χ0n) is 17.2. The second-order valence-corrected chi connectivity index (χ2v) is 8.13. The molecule has 1 saturated heterocycles. The number of nitrogens with zero attached hydrogens (tertiary/aromatic N) is 1. The van der Waals surface area contributed by atoms with Crippen molar-refractivity contribution >= 4 is 11.6 Å². The number of nitriles is 1. The summed E-state index contributed by atoms with van der Waals surface area (Å²) >= 11 is 0. The molecule has 2 aromatic rings. The third-order valence-electron chi connectivity index (χ3n) is 5.95. The number of hydrogen-bond acceptors (Lipinski definition) is 4. The molecule has 1 unspecified atom stereocenters. The van der Waals surface area contributed by atoms with Crippen LogP contribution in [-0.4, -0.2) is 39.4 Å². The van der Waals surface area contributed by atoms with Gasteiger partial charge in [0.05, 0.1) is 38.3 Å². The molecule has 0 spiro atoms. The minimum absolute atomic E-state index is 0.276. The lowest BCUT2D eigenvalue weighted by atomic mass is 9.95. The molecule has 1 fully saturated rings. The molecule has 0 bridgehead atoms. The van der Waals surface area contributed by atoms with Crippen molar-refractivity contribution in [3.05, 3.63) is 52.6 Å². The quantitative estimate of drug-likeness (QED) is 0.661. The van der Waals surface area contributed by atoms with Gasteiger partial charge >= 0.3 is 0 Å². The normalized spacial score (nSPS) is 20.7. The molecule has 2 aliphatic heterocycles. The number of pyridine rings is 1. The van der Waals surface area contributed by atoms with Gasteiger partial charge in [0.15, 0.2) is 0 Å². The topological polar surface area (TPSA) is 75.7 Å². The average Bonchev–Trinajstić information content (AvgIpc) is 3.26. The van der Waals surface area contributed by atoms with E-state index in [0.29, 0.717) is 0 Å². The van der Waals surface area contributed by atoms with Crippen molar-refractivity contribution in [2.75, 3.05) is 43.9 Å². The van der Waals surface area contributed by atoms with Crippen molar-refractivity contribution in [1.82, 2.24) is 0 Å². The fraction of sp³-hybridized carbons (Fsp3) is 0.478. The Balaban J connectivity index is 1.55. The van der Waals surface area contributed by atoms with Gasteiger partial charge in [0.1, 0.15) is 18.2 Å². The van der Waals surface area contributed by atoms with Crippen LogP contribution in [0.25, 0.3) is 0 Å². The van der Waals surface area contributed by atoms with E-state index in [1.165, 1.54) is 21.6 Å². The van der Waals surface area contributed by atoms with Crippen LogP contribution in [0.15, 0.2) is 30.3 Å². The molecule has 1 aromatic carbocycles. The maximum Gasteiger partial charge on any atom is 0.237 e. The summed E-state index contributed by atoms with van der Waals surface area (Å²) in [5.74, 6) is 1.87. The highest BCUT2D eigenvalue weighted by atomic mass is 16.5. The van der Waals surface area contributed by atoms with Gasteiger partial charge in [-0.3, -0.25) is 0 Å². The highest BCUT2D eigenvalue weighted by molar-refractivity contribution is 5.60. The number of H-pyrrole nitrogens is 1. The van der Waals surface area contributed by atoms with Crippen molar-refractivity contribution < 1.29 is 14.6 Å². The Kier molecular flexibility index (Phi) is 6.28. The molecule has 152 valence electrons. The second-order valence-electron chi connectivity index (χ2n) is 8.13. The minimum Gasteiger partial charge on any atom is -0.375 e. The van der Waals surface area contributed by atoms with E-state index < -0.39 is 0 Å². The van der Waals surface area contributed by atoms with Crippen molar-refractivity contribution in [2.45, 2.75) is 38.3 Å². The maximum atomic E-state index is 9.89. The predicted molar refractivity (Wildman–Crippen MR) is 113 cm³/mol. The lowest BCUT2D eigenvalue weighted by molar-refractivity contribution is -0.895. The van der Waals surface area contributed by atoms with Gasteiger partial charge in [-0.25, -0.2) is 4.98 Å². The van der Waals surface area contributed by atoms with E-state index in [0.717, 1.165) is 75.7 Å². The van der Waals surface area contributed by atoms with Crippen molar-refractivity contribution in [3.8, 4) is 6.07 Å². The molecule has 4 rings (SSSR count). The van der Waals surface area contributed by atoms with Crippen LogP contribution in [0.4, 0.5) is 11.6 Å². The van der Waals surface area contributed by atoms with Crippen molar-refractivity contribution in [3.63, 3.8) is 0 Å². The van der Waals surface area contributed by atoms with Crippen LogP contribution in [0.3, 0.4) is 0 Å². The minimum atomic E-state index is 0.276. The highest BCUT2D eigenvalue weighted by Gasteiger charge is 2.29. The molecule has 2 atom stereocenters. The summed E-state index contributed by atoms with van der Waals surface area (Å²) in [4.78, 5) is 4.98. The monoisotopic (exact) mass is 393 g/mol. The van der Waals surface area contributed by atoms with Crippen LogP contribution in [0.2, 0.25) is 0 Å². The number of fused-ring (bicyclic) bond motifs is 1. The van der Waals surface area contributed by atoms with Gasteiger partial charge < -0.3 is 20.3 Å². The van der Waals surface area contributed by atoms with E-state index in [-0.39, 0.29) is 6.10 Å². The number of anilines is 2. The number of rotatable bonds is 7. The zero-order chi connectivity index (χ0) is 20.1. The van der Waals surface area contributed by atoms with E-state index in [1.54, 1.807) is 0 Å². The van der Waals surface area contributed by atoms with E-state index in [4.69, 9.17) is 4.74 Å². The lowest BCUT2D eigenvalue weighted by Crippen LogP contribution is -3.08. The van der Waals surface area contributed by atoms with Crippen LogP contribution in [0.1, 0.15) is 35.1 Å². The van der Waals surface area contributed by atoms with Gasteiger partial charge in [0.25, 0.3) is 0 Å². The first-order valence-corrected chi connectivity index (χ1v) is 10.7. The summed E-state index contributed by atoms with van der Waals surface area (Å²) in [5, 5.41) is 17.0. The first kappa shape index (κ1) is 19.7. The number of benzene rings is 1. The molecule has 0 saturated carbocycles. The summed E-state index contributed by atoms with van der Waals surface area (Å²) in [6, 6.07) is 12.9. The van der Waals surface area contributed by atoms with E-state index in [9.17, 15) is 5.26 Å². The molecular weight excluding hydrogens is 362 g/mol. The summed E-state index contributed by atoms with van der Waals surface area (Å²) < 4.78 is 5.78. The van der Waals surface area contributed by atoms with Crippen LogP contribution < -0.4 is 20.5 Å². The standard InChI is InChI=1S/C23H29N5O/c1-28-12-10-19-20(14-24)22(25-11-9-17-6-3-2-4-7-17)27-23(21(19)16-28)26-15-18-8-5-13-29-18/h2-4,6-7,18H,5,8-13,15-16H2,1H3,(H2,25,26,27)/p+2/t18-/m0/s1. The van der Waals surface area contributed by atoms with Crippen LogP contribution in [0, 0.1) is 11.3 Å². The van der Waals surface area contributed by atoms with Crippen LogP contribution in [-0.2, 0) is 24.1 Å². The van der Waals surface area contributed by atoms with Gasteiger partial charge in [-0.1, -0.05) is 30.3 Å². The molecular formula is C23H31N5O+2. The van der Waals surface area contributed by atoms with Gasteiger partial charge in [-0.2, -0.15) is 5.26 Å². The fourth-order valence-electron chi connectivity index (χ4n) is 4.32. The largest absolute Gasteiger partial charge is 0.375 e. The number of nitrogens with one attached hydrogen (secondary N) is 4. The highest BCUT2D eigenvalue weighted by Crippen LogP contribution is 2.26. The number of hydrogen-bond donors (Lipinski definition) is 3. The molecule has 1 aromatic heterocycles. The third-order valence-corrected chi connectivity index (χ3v) is 5.95. The Morgan fingerprint density at radius 2 is 2.07 bits per heavy atom. The molecule has 6 heteroatoms. The van der Waals surface area contributed by atoms with E-state index in [1.807, 2.05) is 6.07 Å². The lowest BCUT2D eigenvalue weighted by Gasteiger charge is -2.25. The molecule has 6 nitrogen and oxygen atoms in total. The molecule has 3 heterocycles. The second kappa shape index (κ2) is 9.25. The fourth-order valence-corrected chi connectivity index (χ4v) is 4.32. The maximum absolute atomic E-state index is 9.89. The first-order chi connectivity index (χ1) is 14.2. The summed E-state index contributed by atoms with van der Waals surface area (Å²) in [5.41, 5.74) is 4.49. The molecule has 0 radical (unpaired) electrons. The number of aromatic nitrogens is 1. The Morgan fingerprint density at radius 3 is 2.83 bits per heavy atom. The van der Waals surface area contributed by atoms with Crippen LogP contribution >= 0.6 is 0 Å². The van der Waals surface area contributed by atoms with Crippen molar-refractivity contribution in [2.24, 2.45) is 0 Å². The molecule has 0 amide bonds. The van der Waals surface area contributed by atoms with Gasteiger partial charge in [-0.05, 0) is 24.0 Å².